The van der Waals surface area contributed by atoms with Crippen molar-refractivity contribution in [3.05, 3.63) is 23.8 Å². The highest BCUT2D eigenvalue weighted by molar-refractivity contribution is 5.46. The van der Waals surface area contributed by atoms with E-state index in [4.69, 9.17) is 9.47 Å². The first-order chi connectivity index (χ1) is 14.5. The highest BCUT2D eigenvalue weighted by Gasteiger charge is 2.43. The number of nitriles is 1. The van der Waals surface area contributed by atoms with E-state index in [9.17, 15) is 5.26 Å². The van der Waals surface area contributed by atoms with Crippen LogP contribution in [0.5, 0.6) is 11.5 Å². The molecule has 1 aromatic carbocycles. The van der Waals surface area contributed by atoms with Crippen LogP contribution in [0.3, 0.4) is 0 Å². The Kier molecular flexibility index (Phi) is 9.98. The Bertz CT molecular complexity index is 652. The molecular formula is C26H42N2O2. The SMILES string of the molecule is CCOc1cc(OCC)cc(C(C#N)(C(C)C)C(CC)NCCC2CCCCC2)c1. The standard InChI is InChI=1S/C26H42N2O2/c1-6-25(28-15-14-21-12-10-9-11-13-21)26(19-27,20(4)5)22-16-23(29-7-2)18-24(17-22)30-8-3/h16-18,20-21,25,28H,6-15H2,1-5H3. The van der Waals surface area contributed by atoms with Crippen molar-refractivity contribution in [3.63, 3.8) is 0 Å². The third kappa shape index (κ3) is 5.91. The van der Waals surface area contributed by atoms with Gasteiger partial charge in [-0.25, -0.2) is 0 Å². The molecule has 2 atom stereocenters. The van der Waals surface area contributed by atoms with Crippen LogP contribution in [-0.2, 0) is 5.41 Å². The zero-order valence-corrected chi connectivity index (χ0v) is 19.8. The number of ether oxygens (including phenoxy) is 2. The monoisotopic (exact) mass is 414 g/mol. The molecule has 0 heterocycles. The predicted octanol–water partition coefficient (Wildman–Crippen LogP) is 6.24. The van der Waals surface area contributed by atoms with E-state index < -0.39 is 5.41 Å². The fraction of sp³-hybridized carbons (Fsp3) is 0.731. The lowest BCUT2D eigenvalue weighted by atomic mass is 9.66. The summed E-state index contributed by atoms with van der Waals surface area (Å²) in [6.45, 7) is 12.6. The maximum Gasteiger partial charge on any atom is 0.123 e. The zero-order valence-electron chi connectivity index (χ0n) is 19.8. The van der Waals surface area contributed by atoms with E-state index in [1.807, 2.05) is 32.0 Å². The van der Waals surface area contributed by atoms with Crippen molar-refractivity contribution in [1.29, 1.82) is 5.26 Å². The fourth-order valence-electron chi connectivity index (χ4n) is 5.08. The highest BCUT2D eigenvalue weighted by Crippen LogP contribution is 2.40. The molecule has 0 saturated heterocycles. The molecule has 1 aromatic rings. The van der Waals surface area contributed by atoms with Crippen molar-refractivity contribution >= 4 is 0 Å². The number of benzene rings is 1. The summed E-state index contributed by atoms with van der Waals surface area (Å²) in [4.78, 5) is 0. The molecular weight excluding hydrogens is 372 g/mol. The third-order valence-corrected chi connectivity index (χ3v) is 6.70. The van der Waals surface area contributed by atoms with Gasteiger partial charge < -0.3 is 14.8 Å². The van der Waals surface area contributed by atoms with Crippen LogP contribution in [0, 0.1) is 23.2 Å². The second kappa shape index (κ2) is 12.2. The van der Waals surface area contributed by atoms with Gasteiger partial charge in [0.2, 0.25) is 0 Å². The van der Waals surface area contributed by atoms with Gasteiger partial charge in [0.05, 0.1) is 24.7 Å². The summed E-state index contributed by atoms with van der Waals surface area (Å²) in [5.74, 6) is 2.54. The summed E-state index contributed by atoms with van der Waals surface area (Å²) in [6.07, 6.45) is 8.98. The molecule has 0 bridgehead atoms. The van der Waals surface area contributed by atoms with Gasteiger partial charge in [0.1, 0.15) is 11.5 Å². The molecule has 0 aliphatic heterocycles. The summed E-state index contributed by atoms with van der Waals surface area (Å²) in [6, 6.07) is 8.83. The molecule has 1 aliphatic carbocycles. The van der Waals surface area contributed by atoms with Crippen LogP contribution >= 0.6 is 0 Å². The molecule has 2 unspecified atom stereocenters. The normalized spacial score (nSPS) is 17.9. The minimum atomic E-state index is -0.639. The Labute approximate surface area is 184 Å². The molecule has 2 rings (SSSR count). The van der Waals surface area contributed by atoms with Crippen LogP contribution in [0.1, 0.15) is 85.1 Å². The summed E-state index contributed by atoms with van der Waals surface area (Å²) >= 11 is 0. The van der Waals surface area contributed by atoms with Gasteiger partial charge >= 0.3 is 0 Å². The van der Waals surface area contributed by atoms with Crippen molar-refractivity contribution in [2.45, 2.75) is 91.0 Å². The van der Waals surface area contributed by atoms with E-state index in [-0.39, 0.29) is 12.0 Å². The van der Waals surface area contributed by atoms with Crippen molar-refractivity contribution in [2.24, 2.45) is 11.8 Å². The molecule has 1 aliphatic rings. The van der Waals surface area contributed by atoms with Crippen molar-refractivity contribution in [1.82, 2.24) is 5.32 Å². The van der Waals surface area contributed by atoms with Gasteiger partial charge in [0.15, 0.2) is 0 Å². The van der Waals surface area contributed by atoms with Crippen LogP contribution in [0.25, 0.3) is 0 Å². The van der Waals surface area contributed by atoms with Crippen LogP contribution in [0.2, 0.25) is 0 Å². The first-order valence-electron chi connectivity index (χ1n) is 12.1. The Morgan fingerprint density at radius 2 is 1.63 bits per heavy atom. The molecule has 168 valence electrons. The molecule has 0 spiro atoms. The Morgan fingerprint density at radius 3 is 2.10 bits per heavy atom. The number of hydrogen-bond acceptors (Lipinski definition) is 4. The molecule has 1 N–H and O–H groups in total. The topological polar surface area (TPSA) is 54.3 Å². The van der Waals surface area contributed by atoms with Crippen LogP contribution in [0.4, 0.5) is 0 Å². The third-order valence-electron chi connectivity index (χ3n) is 6.70. The summed E-state index contributed by atoms with van der Waals surface area (Å²) in [5, 5.41) is 14.3. The van der Waals surface area contributed by atoms with E-state index in [1.165, 1.54) is 38.5 Å². The summed E-state index contributed by atoms with van der Waals surface area (Å²) < 4.78 is 11.6. The predicted molar refractivity (Wildman–Crippen MR) is 124 cm³/mol. The highest BCUT2D eigenvalue weighted by atomic mass is 16.5. The van der Waals surface area contributed by atoms with Crippen LogP contribution in [0.15, 0.2) is 18.2 Å². The zero-order chi connectivity index (χ0) is 22.0. The second-order valence-corrected chi connectivity index (χ2v) is 8.90. The smallest absolute Gasteiger partial charge is 0.123 e. The molecule has 4 nitrogen and oxygen atoms in total. The summed E-state index contributed by atoms with van der Waals surface area (Å²) in [5.41, 5.74) is 0.353. The van der Waals surface area contributed by atoms with Gasteiger partial charge in [-0.15, -0.1) is 0 Å². The van der Waals surface area contributed by atoms with Gasteiger partial charge in [-0.1, -0.05) is 52.9 Å². The maximum atomic E-state index is 10.5. The minimum absolute atomic E-state index is 0.0810. The minimum Gasteiger partial charge on any atom is -0.494 e. The maximum absolute atomic E-state index is 10.5. The molecule has 1 saturated carbocycles. The summed E-state index contributed by atoms with van der Waals surface area (Å²) in [7, 11) is 0. The van der Waals surface area contributed by atoms with Gasteiger partial charge in [-0.2, -0.15) is 5.26 Å². The molecule has 1 fully saturated rings. The fourth-order valence-corrected chi connectivity index (χ4v) is 5.08. The number of rotatable bonds is 12. The lowest BCUT2D eigenvalue weighted by Gasteiger charge is -2.40. The molecule has 0 aromatic heterocycles. The van der Waals surface area contributed by atoms with Crippen LogP contribution in [-0.4, -0.2) is 25.8 Å². The lowest BCUT2D eigenvalue weighted by molar-refractivity contribution is 0.257. The van der Waals surface area contributed by atoms with E-state index >= 15 is 0 Å². The van der Waals surface area contributed by atoms with Gasteiger partial charge in [0, 0.05) is 12.1 Å². The van der Waals surface area contributed by atoms with Crippen molar-refractivity contribution < 1.29 is 9.47 Å². The quantitative estimate of drug-likeness (QED) is 0.440. The molecule has 4 heteroatoms. The van der Waals surface area contributed by atoms with Crippen molar-refractivity contribution in [3.8, 4) is 17.6 Å². The molecule has 0 radical (unpaired) electrons. The lowest BCUT2D eigenvalue weighted by Crippen LogP contribution is -2.51. The Morgan fingerprint density at radius 1 is 1.03 bits per heavy atom. The van der Waals surface area contributed by atoms with Gasteiger partial charge in [-0.3, -0.25) is 0 Å². The van der Waals surface area contributed by atoms with E-state index in [0.29, 0.717) is 13.2 Å². The number of nitrogens with one attached hydrogen (secondary N) is 1. The molecule has 0 amide bonds. The largest absolute Gasteiger partial charge is 0.494 e. The Balaban J connectivity index is 2.31. The first-order valence-corrected chi connectivity index (χ1v) is 12.1. The molecule has 30 heavy (non-hydrogen) atoms. The van der Waals surface area contributed by atoms with E-state index in [1.54, 1.807) is 0 Å². The van der Waals surface area contributed by atoms with Crippen LogP contribution < -0.4 is 14.8 Å². The van der Waals surface area contributed by atoms with Gasteiger partial charge in [-0.05, 0) is 62.8 Å². The van der Waals surface area contributed by atoms with Gasteiger partial charge in [0.25, 0.3) is 0 Å². The average molecular weight is 415 g/mol. The number of hydrogen-bond donors (Lipinski definition) is 1. The first kappa shape index (κ1) is 24.5. The second-order valence-electron chi connectivity index (χ2n) is 8.90. The van der Waals surface area contributed by atoms with E-state index in [2.05, 4.69) is 32.2 Å². The average Bonchev–Trinajstić information content (AvgIpc) is 2.74. The Hall–Kier alpha value is -1.73. The number of nitrogens with zero attached hydrogens (tertiary/aromatic N) is 1. The van der Waals surface area contributed by atoms with Crippen molar-refractivity contribution in [2.75, 3.05) is 19.8 Å². The van der Waals surface area contributed by atoms with E-state index in [0.717, 1.165) is 35.9 Å².